The average Bonchev–Trinajstić information content (AvgIpc) is 3.06. The van der Waals surface area contributed by atoms with Crippen molar-refractivity contribution in [1.29, 1.82) is 0 Å². The molecule has 30 heavy (non-hydrogen) atoms. The minimum Gasteiger partial charge on any atom is -0.389 e. The van der Waals surface area contributed by atoms with Crippen molar-refractivity contribution in [3.05, 3.63) is 34.5 Å². The first-order valence-corrected chi connectivity index (χ1v) is 10.5. The molecule has 0 spiro atoms. The van der Waals surface area contributed by atoms with E-state index in [0.717, 1.165) is 4.88 Å². The number of aliphatic hydroxyl groups excluding tert-OH is 2. The third-order valence-corrected chi connectivity index (χ3v) is 6.91. The largest absolute Gasteiger partial charge is 0.389 e. The number of aliphatic hydroxyl groups is 2. The van der Waals surface area contributed by atoms with Crippen LogP contribution in [0, 0.1) is 23.2 Å². The van der Waals surface area contributed by atoms with Crippen LogP contribution in [-0.2, 0) is 4.79 Å². The fourth-order valence-corrected chi connectivity index (χ4v) is 5.19. The number of imidazole rings is 1. The van der Waals surface area contributed by atoms with Gasteiger partial charge in [-0.05, 0) is 29.7 Å². The standard InChI is InChI=1S/C20H20N6O3S/c1-21-17-13-18(25-12(24-17)6-5-10-4-3-7-30-10)26(9-23-13)14-11-8-20(11,19(29)22-2)16(28)15(14)27/h3-4,7,9,11,14-16,27-28H,8H2,1-2H3,(H,22,29)(H,21,24,25)/t11-,14-,15+,16+,20+/m1/s1. The predicted molar refractivity (Wildman–Crippen MR) is 111 cm³/mol. The zero-order valence-corrected chi connectivity index (χ0v) is 17.1. The number of carbonyl (C=O) groups excluding carboxylic acids is 1. The number of rotatable bonds is 3. The molecule has 4 N–H and O–H groups in total. The van der Waals surface area contributed by atoms with Gasteiger partial charge in [-0.3, -0.25) is 4.79 Å². The quantitative estimate of drug-likeness (QED) is 0.447. The lowest BCUT2D eigenvalue weighted by Crippen LogP contribution is -2.41. The minimum absolute atomic E-state index is 0.200. The van der Waals surface area contributed by atoms with E-state index in [4.69, 9.17) is 0 Å². The average molecular weight is 424 g/mol. The normalized spacial score (nSPS) is 29.2. The zero-order chi connectivity index (χ0) is 21.0. The number of fused-ring (bicyclic) bond motifs is 2. The summed E-state index contributed by atoms with van der Waals surface area (Å²) in [6, 6.07) is 3.33. The number of anilines is 1. The number of nitrogens with one attached hydrogen (secondary N) is 2. The van der Waals surface area contributed by atoms with Crippen molar-refractivity contribution >= 4 is 34.2 Å². The molecule has 3 heterocycles. The lowest BCUT2D eigenvalue weighted by molar-refractivity contribution is -0.132. The van der Waals surface area contributed by atoms with Crippen LogP contribution in [-0.4, -0.2) is 61.9 Å². The van der Waals surface area contributed by atoms with E-state index in [1.165, 1.54) is 18.4 Å². The second-order valence-electron chi connectivity index (χ2n) is 7.55. The van der Waals surface area contributed by atoms with Crippen LogP contribution in [0.25, 0.3) is 11.2 Å². The van der Waals surface area contributed by atoms with Gasteiger partial charge in [0.25, 0.3) is 0 Å². The van der Waals surface area contributed by atoms with Crippen molar-refractivity contribution in [3.63, 3.8) is 0 Å². The molecule has 0 aromatic carbocycles. The van der Waals surface area contributed by atoms with Crippen molar-refractivity contribution in [3.8, 4) is 11.8 Å². The van der Waals surface area contributed by atoms with Crippen LogP contribution in [0.15, 0.2) is 23.8 Å². The van der Waals surface area contributed by atoms with Gasteiger partial charge in [0, 0.05) is 20.0 Å². The molecular formula is C20H20N6O3S. The maximum Gasteiger partial charge on any atom is 0.229 e. The molecular weight excluding hydrogens is 404 g/mol. The number of hydrogen-bond donors (Lipinski definition) is 4. The van der Waals surface area contributed by atoms with E-state index < -0.39 is 23.7 Å². The third kappa shape index (κ3) is 2.56. The molecule has 3 aromatic rings. The summed E-state index contributed by atoms with van der Waals surface area (Å²) in [4.78, 5) is 26.7. The Bertz CT molecular complexity index is 1200. The predicted octanol–water partition coefficient (Wildman–Crippen LogP) is 0.358. The molecule has 154 valence electrons. The Morgan fingerprint density at radius 1 is 1.33 bits per heavy atom. The van der Waals surface area contributed by atoms with Crippen LogP contribution < -0.4 is 10.6 Å². The second-order valence-corrected chi connectivity index (χ2v) is 8.50. The highest BCUT2D eigenvalue weighted by Crippen LogP contribution is 2.67. The highest BCUT2D eigenvalue weighted by molar-refractivity contribution is 7.10. The lowest BCUT2D eigenvalue weighted by Gasteiger charge is -2.23. The lowest BCUT2D eigenvalue weighted by atomic mass is 9.98. The second kappa shape index (κ2) is 6.77. The van der Waals surface area contributed by atoms with Gasteiger partial charge in [-0.2, -0.15) is 0 Å². The first kappa shape index (κ1) is 19.0. The fourth-order valence-electron chi connectivity index (χ4n) is 4.62. The van der Waals surface area contributed by atoms with E-state index in [1.54, 1.807) is 17.9 Å². The number of aromatic nitrogens is 4. The van der Waals surface area contributed by atoms with Crippen LogP contribution in [0.1, 0.15) is 23.2 Å². The topological polar surface area (TPSA) is 125 Å². The van der Waals surface area contributed by atoms with Gasteiger partial charge in [-0.15, -0.1) is 11.3 Å². The van der Waals surface area contributed by atoms with Crippen LogP contribution >= 0.6 is 11.3 Å². The monoisotopic (exact) mass is 424 g/mol. The van der Waals surface area contributed by atoms with E-state index in [1.807, 2.05) is 17.5 Å². The summed E-state index contributed by atoms with van der Waals surface area (Å²) in [6.07, 6.45) is -0.166. The summed E-state index contributed by atoms with van der Waals surface area (Å²) in [6.45, 7) is 0. The molecule has 0 radical (unpaired) electrons. The highest BCUT2D eigenvalue weighted by Gasteiger charge is 2.75. The molecule has 0 bridgehead atoms. The maximum atomic E-state index is 12.4. The summed E-state index contributed by atoms with van der Waals surface area (Å²) in [5, 5.41) is 29.0. The van der Waals surface area contributed by atoms with Crippen LogP contribution in [0.4, 0.5) is 5.82 Å². The summed E-state index contributed by atoms with van der Waals surface area (Å²) in [5.41, 5.74) is 0.0791. The summed E-state index contributed by atoms with van der Waals surface area (Å²) >= 11 is 1.53. The number of thiophene rings is 1. The maximum absolute atomic E-state index is 12.4. The van der Waals surface area contributed by atoms with Gasteiger partial charge in [-0.1, -0.05) is 6.07 Å². The molecule has 3 aromatic heterocycles. The third-order valence-electron chi connectivity index (χ3n) is 6.12. The Hall–Kier alpha value is -3.00. The molecule has 5 rings (SSSR count). The molecule has 2 saturated carbocycles. The molecule has 0 unspecified atom stereocenters. The minimum atomic E-state index is -1.14. The highest BCUT2D eigenvalue weighted by atomic mass is 32.1. The van der Waals surface area contributed by atoms with Crippen molar-refractivity contribution in [2.75, 3.05) is 19.4 Å². The van der Waals surface area contributed by atoms with Gasteiger partial charge >= 0.3 is 0 Å². The summed E-state index contributed by atoms with van der Waals surface area (Å²) < 4.78 is 1.74. The van der Waals surface area contributed by atoms with Crippen LogP contribution in [0.3, 0.4) is 0 Å². The fraction of sp³-hybridized carbons (Fsp3) is 0.400. The molecule has 10 heteroatoms. The molecule has 9 nitrogen and oxygen atoms in total. The van der Waals surface area contributed by atoms with Gasteiger partial charge in [0.2, 0.25) is 11.7 Å². The molecule has 5 atom stereocenters. The van der Waals surface area contributed by atoms with E-state index >= 15 is 0 Å². The number of nitrogens with zero attached hydrogens (tertiary/aromatic N) is 4. The van der Waals surface area contributed by atoms with E-state index in [9.17, 15) is 15.0 Å². The van der Waals surface area contributed by atoms with Gasteiger partial charge in [0.15, 0.2) is 17.0 Å². The first-order valence-electron chi connectivity index (χ1n) is 9.57. The summed E-state index contributed by atoms with van der Waals surface area (Å²) in [7, 11) is 3.28. The van der Waals surface area contributed by atoms with E-state index in [-0.39, 0.29) is 11.8 Å². The van der Waals surface area contributed by atoms with Gasteiger partial charge in [0.1, 0.15) is 6.10 Å². The van der Waals surface area contributed by atoms with E-state index in [2.05, 4.69) is 37.4 Å². The van der Waals surface area contributed by atoms with Crippen molar-refractivity contribution in [2.45, 2.75) is 24.7 Å². The zero-order valence-electron chi connectivity index (χ0n) is 16.3. The molecule has 0 saturated heterocycles. The molecule has 0 aliphatic heterocycles. The molecule has 1 amide bonds. The Morgan fingerprint density at radius 2 is 2.17 bits per heavy atom. The summed E-state index contributed by atoms with van der Waals surface area (Å²) in [5.74, 6) is 6.42. The SMILES string of the molecule is CNC(=O)[C@@]12C[C@@H]1[C@@H](n1cnc3c(NC)nc(C#Cc4cccs4)nc31)[C@H](O)[C@@H]2O. The smallest absolute Gasteiger partial charge is 0.229 e. The van der Waals surface area contributed by atoms with Gasteiger partial charge in [0.05, 0.1) is 28.8 Å². The van der Waals surface area contributed by atoms with Crippen molar-refractivity contribution < 1.29 is 15.0 Å². The van der Waals surface area contributed by atoms with Gasteiger partial charge < -0.3 is 25.4 Å². The van der Waals surface area contributed by atoms with Crippen molar-refractivity contribution in [1.82, 2.24) is 24.8 Å². The van der Waals surface area contributed by atoms with Crippen LogP contribution in [0.2, 0.25) is 0 Å². The van der Waals surface area contributed by atoms with Crippen LogP contribution in [0.5, 0.6) is 0 Å². The molecule has 2 aliphatic carbocycles. The number of carbonyl (C=O) groups is 1. The molecule has 2 aliphatic rings. The Balaban J connectivity index is 1.59. The molecule has 2 fully saturated rings. The van der Waals surface area contributed by atoms with Gasteiger partial charge in [-0.25, -0.2) is 15.0 Å². The van der Waals surface area contributed by atoms with Crippen molar-refractivity contribution in [2.24, 2.45) is 11.3 Å². The Morgan fingerprint density at radius 3 is 2.87 bits per heavy atom. The van der Waals surface area contributed by atoms with E-state index in [0.29, 0.717) is 29.2 Å². The Labute approximate surface area is 176 Å². The number of hydrogen-bond acceptors (Lipinski definition) is 8. The number of amides is 1. The first-order chi connectivity index (χ1) is 14.5. The Kier molecular flexibility index (Phi) is 4.28.